The number of ether oxygens (including phenoxy) is 1. The predicted octanol–water partition coefficient (Wildman–Crippen LogP) is 3.40. The molecular weight excluding hydrogens is 212 g/mol. The van der Waals surface area contributed by atoms with Crippen LogP contribution in [0.1, 0.15) is 31.7 Å². The van der Waals surface area contributed by atoms with E-state index < -0.39 is 0 Å². The summed E-state index contributed by atoms with van der Waals surface area (Å²) < 4.78 is 4.89. The zero-order valence-electron chi connectivity index (χ0n) is 9.00. The van der Waals surface area contributed by atoms with Crippen molar-refractivity contribution in [3.05, 3.63) is 34.9 Å². The fourth-order valence-electron chi connectivity index (χ4n) is 1.45. The average Bonchev–Trinajstić information content (AvgIpc) is 2.18. The number of esters is 1. The molecule has 0 heterocycles. The summed E-state index contributed by atoms with van der Waals surface area (Å²) in [6, 6.07) is 7.57. The molecule has 0 aliphatic rings. The molecule has 0 aliphatic carbocycles. The molecule has 0 aliphatic heterocycles. The van der Waals surface area contributed by atoms with Crippen LogP contribution in [-0.4, -0.2) is 12.6 Å². The van der Waals surface area contributed by atoms with E-state index in [1.165, 1.54) is 0 Å². The molecule has 0 unspecified atom stereocenters. The Morgan fingerprint density at radius 2 is 2.13 bits per heavy atom. The highest BCUT2D eigenvalue weighted by molar-refractivity contribution is 6.31. The molecule has 1 rings (SSSR count). The van der Waals surface area contributed by atoms with Crippen LogP contribution in [-0.2, 0) is 9.53 Å². The Balaban J connectivity index is 2.65. The monoisotopic (exact) mass is 226 g/mol. The van der Waals surface area contributed by atoms with E-state index in [2.05, 4.69) is 0 Å². The highest BCUT2D eigenvalue weighted by atomic mass is 35.5. The van der Waals surface area contributed by atoms with Crippen molar-refractivity contribution in [3.8, 4) is 0 Å². The lowest BCUT2D eigenvalue weighted by atomic mass is 9.98. The van der Waals surface area contributed by atoms with Crippen LogP contribution >= 0.6 is 11.6 Å². The molecule has 0 N–H and O–H groups in total. The highest BCUT2D eigenvalue weighted by Gasteiger charge is 2.13. The maximum atomic E-state index is 11.3. The molecule has 0 fully saturated rings. The van der Waals surface area contributed by atoms with Crippen LogP contribution in [0.5, 0.6) is 0 Å². The second-order valence-corrected chi connectivity index (χ2v) is 3.84. The maximum absolute atomic E-state index is 11.3. The van der Waals surface area contributed by atoms with Gasteiger partial charge in [-0.05, 0) is 24.5 Å². The molecule has 0 radical (unpaired) electrons. The van der Waals surface area contributed by atoms with Gasteiger partial charge in [-0.1, -0.05) is 36.7 Å². The number of benzene rings is 1. The second-order valence-electron chi connectivity index (χ2n) is 3.43. The van der Waals surface area contributed by atoms with Gasteiger partial charge in [0.25, 0.3) is 0 Å². The first-order valence-electron chi connectivity index (χ1n) is 5.05. The normalized spacial score (nSPS) is 12.2. The molecule has 0 spiro atoms. The van der Waals surface area contributed by atoms with Crippen molar-refractivity contribution in [3.63, 3.8) is 0 Å². The van der Waals surface area contributed by atoms with Crippen molar-refractivity contribution < 1.29 is 9.53 Å². The molecule has 0 amide bonds. The van der Waals surface area contributed by atoms with Gasteiger partial charge in [0.2, 0.25) is 0 Å². The van der Waals surface area contributed by atoms with Gasteiger partial charge in [-0.2, -0.15) is 0 Å². The number of carbonyl (C=O) groups is 1. The molecule has 0 aromatic heterocycles. The third kappa shape index (κ3) is 3.56. The summed E-state index contributed by atoms with van der Waals surface area (Å²) in [5, 5.41) is 0.703. The Morgan fingerprint density at radius 1 is 1.47 bits per heavy atom. The Morgan fingerprint density at radius 3 is 2.73 bits per heavy atom. The highest BCUT2D eigenvalue weighted by Crippen LogP contribution is 2.26. The fraction of sp³-hybridized carbons (Fsp3) is 0.417. The molecule has 0 saturated heterocycles. The van der Waals surface area contributed by atoms with E-state index in [-0.39, 0.29) is 11.9 Å². The standard InChI is InChI=1S/C12H15ClO2/c1-3-15-12(14)8-9(2)10-6-4-5-7-11(10)13/h4-7,9H,3,8H2,1-2H3/t9-/m0/s1. The molecule has 82 valence electrons. The van der Waals surface area contributed by atoms with E-state index in [9.17, 15) is 4.79 Å². The van der Waals surface area contributed by atoms with E-state index in [1.807, 2.05) is 31.2 Å². The van der Waals surface area contributed by atoms with E-state index in [1.54, 1.807) is 6.92 Å². The van der Waals surface area contributed by atoms with Crippen LogP contribution in [0.3, 0.4) is 0 Å². The molecule has 1 atom stereocenters. The van der Waals surface area contributed by atoms with Crippen LogP contribution < -0.4 is 0 Å². The lowest BCUT2D eigenvalue weighted by molar-refractivity contribution is -0.143. The summed E-state index contributed by atoms with van der Waals surface area (Å²) in [5.74, 6) is -0.0809. The summed E-state index contributed by atoms with van der Waals surface area (Å²) >= 11 is 6.03. The van der Waals surface area contributed by atoms with Crippen LogP contribution in [0.2, 0.25) is 5.02 Å². The average molecular weight is 227 g/mol. The first-order chi connectivity index (χ1) is 7.15. The number of rotatable bonds is 4. The van der Waals surface area contributed by atoms with Crippen molar-refractivity contribution in [2.24, 2.45) is 0 Å². The Kier molecular flexibility index (Phi) is 4.63. The van der Waals surface area contributed by atoms with Crippen molar-refractivity contribution in [2.45, 2.75) is 26.2 Å². The van der Waals surface area contributed by atoms with Crippen LogP contribution in [0.25, 0.3) is 0 Å². The summed E-state index contributed by atoms with van der Waals surface area (Å²) in [4.78, 5) is 11.3. The molecule has 1 aromatic rings. The molecule has 3 heteroatoms. The van der Waals surface area contributed by atoms with Gasteiger partial charge in [0.15, 0.2) is 0 Å². The Hall–Kier alpha value is -1.02. The molecular formula is C12H15ClO2. The van der Waals surface area contributed by atoms with E-state index >= 15 is 0 Å². The molecule has 1 aromatic carbocycles. The Bertz CT molecular complexity index is 336. The van der Waals surface area contributed by atoms with Gasteiger partial charge in [-0.25, -0.2) is 0 Å². The number of halogens is 1. The number of hydrogen-bond donors (Lipinski definition) is 0. The minimum absolute atomic E-state index is 0.0951. The van der Waals surface area contributed by atoms with Crippen LogP contribution in [0.15, 0.2) is 24.3 Å². The summed E-state index contributed by atoms with van der Waals surface area (Å²) in [5.41, 5.74) is 0.993. The van der Waals surface area contributed by atoms with Gasteiger partial charge in [0, 0.05) is 5.02 Å². The second kappa shape index (κ2) is 5.76. The number of hydrogen-bond acceptors (Lipinski definition) is 2. The van der Waals surface area contributed by atoms with Crippen LogP contribution in [0.4, 0.5) is 0 Å². The minimum Gasteiger partial charge on any atom is -0.466 e. The smallest absolute Gasteiger partial charge is 0.306 e. The van der Waals surface area contributed by atoms with Gasteiger partial charge in [-0.3, -0.25) is 4.79 Å². The van der Waals surface area contributed by atoms with Gasteiger partial charge < -0.3 is 4.74 Å². The molecule has 0 bridgehead atoms. The van der Waals surface area contributed by atoms with Gasteiger partial charge >= 0.3 is 5.97 Å². The van der Waals surface area contributed by atoms with E-state index in [0.29, 0.717) is 18.1 Å². The molecule has 0 saturated carbocycles. The SMILES string of the molecule is CCOC(=O)C[C@H](C)c1ccccc1Cl. The van der Waals surface area contributed by atoms with Crippen molar-refractivity contribution in [2.75, 3.05) is 6.61 Å². The van der Waals surface area contributed by atoms with E-state index in [4.69, 9.17) is 16.3 Å². The van der Waals surface area contributed by atoms with Crippen molar-refractivity contribution in [1.29, 1.82) is 0 Å². The predicted molar refractivity (Wildman–Crippen MR) is 61.1 cm³/mol. The number of carbonyl (C=O) groups excluding carboxylic acids is 1. The summed E-state index contributed by atoms with van der Waals surface area (Å²) in [7, 11) is 0. The van der Waals surface area contributed by atoms with Crippen molar-refractivity contribution >= 4 is 17.6 Å². The summed E-state index contributed by atoms with van der Waals surface area (Å²) in [6.07, 6.45) is 0.373. The Labute approximate surface area is 95.2 Å². The zero-order valence-corrected chi connectivity index (χ0v) is 9.75. The molecule has 15 heavy (non-hydrogen) atoms. The van der Waals surface area contributed by atoms with Crippen LogP contribution in [0, 0.1) is 0 Å². The van der Waals surface area contributed by atoms with Gasteiger partial charge in [0.1, 0.15) is 0 Å². The van der Waals surface area contributed by atoms with Gasteiger partial charge in [0.05, 0.1) is 13.0 Å². The van der Waals surface area contributed by atoms with E-state index in [0.717, 1.165) is 5.56 Å². The third-order valence-electron chi connectivity index (χ3n) is 2.21. The lowest BCUT2D eigenvalue weighted by Crippen LogP contribution is -2.08. The fourth-order valence-corrected chi connectivity index (χ4v) is 1.78. The first kappa shape index (κ1) is 12.1. The van der Waals surface area contributed by atoms with Gasteiger partial charge in [-0.15, -0.1) is 0 Å². The molecule has 2 nitrogen and oxygen atoms in total. The van der Waals surface area contributed by atoms with Crippen molar-refractivity contribution in [1.82, 2.24) is 0 Å². The largest absolute Gasteiger partial charge is 0.466 e. The zero-order chi connectivity index (χ0) is 11.3. The third-order valence-corrected chi connectivity index (χ3v) is 2.56. The summed E-state index contributed by atoms with van der Waals surface area (Å²) in [6.45, 7) is 4.20. The maximum Gasteiger partial charge on any atom is 0.306 e. The lowest BCUT2D eigenvalue weighted by Gasteiger charge is -2.12. The first-order valence-corrected chi connectivity index (χ1v) is 5.43. The minimum atomic E-state index is -0.176. The quantitative estimate of drug-likeness (QED) is 0.736. The topological polar surface area (TPSA) is 26.3 Å².